The van der Waals surface area contributed by atoms with Gasteiger partial charge in [-0.25, -0.2) is 0 Å². The van der Waals surface area contributed by atoms with Gasteiger partial charge in [0.25, 0.3) is 0 Å². The molecule has 0 spiro atoms. The summed E-state index contributed by atoms with van der Waals surface area (Å²) < 4.78 is 0.621. The Labute approximate surface area is 161 Å². The molecule has 2 aromatic carbocycles. The van der Waals surface area contributed by atoms with E-state index in [4.69, 9.17) is 0 Å². The van der Waals surface area contributed by atoms with Crippen LogP contribution in [0.2, 0.25) is 0 Å². The number of aryl methyl sites for hydroxylation is 1. The van der Waals surface area contributed by atoms with Crippen LogP contribution in [0, 0.1) is 6.92 Å². The van der Waals surface area contributed by atoms with E-state index in [1.165, 1.54) is 23.6 Å². The summed E-state index contributed by atoms with van der Waals surface area (Å²) in [5.74, 6) is 0.489. The van der Waals surface area contributed by atoms with E-state index in [1.807, 2.05) is 0 Å². The maximum Gasteiger partial charge on any atom is 0.305 e. The number of benzene rings is 2. The molecule has 0 bridgehead atoms. The zero-order chi connectivity index (χ0) is 19.0. The molecule has 0 saturated heterocycles. The average molecular weight is 385 g/mol. The van der Waals surface area contributed by atoms with Crippen molar-refractivity contribution in [2.24, 2.45) is 0 Å². The highest BCUT2D eigenvalue weighted by atomic mass is 32.1. The van der Waals surface area contributed by atoms with Crippen molar-refractivity contribution in [2.45, 2.75) is 44.2 Å². The second kappa shape index (κ2) is 7.46. The number of rotatable bonds is 5. The highest BCUT2D eigenvalue weighted by molar-refractivity contribution is 7.16. The number of aliphatic hydroxyl groups is 1. The van der Waals surface area contributed by atoms with Gasteiger partial charge in [-0.15, -0.1) is 0 Å². The maximum absolute atomic E-state index is 11.7. The molecular weight excluding hydrogens is 360 g/mol. The van der Waals surface area contributed by atoms with Crippen LogP contribution in [-0.2, 0) is 0 Å². The third-order valence-corrected chi connectivity index (χ3v) is 6.44. The summed E-state index contributed by atoms with van der Waals surface area (Å²) in [6, 6.07) is 12.2. The molecule has 6 heteroatoms. The Morgan fingerprint density at radius 2 is 2.15 bits per heavy atom. The number of phenols is 1. The average Bonchev–Trinajstić information content (AvgIpc) is 3.26. The van der Waals surface area contributed by atoms with Crippen molar-refractivity contribution in [3.8, 4) is 5.75 Å². The van der Waals surface area contributed by atoms with Crippen molar-refractivity contribution in [3.63, 3.8) is 0 Å². The van der Waals surface area contributed by atoms with Gasteiger partial charge in [0.05, 0.1) is 10.8 Å². The predicted molar refractivity (Wildman–Crippen MR) is 109 cm³/mol. The van der Waals surface area contributed by atoms with E-state index >= 15 is 0 Å². The lowest BCUT2D eigenvalue weighted by Gasteiger charge is -2.23. The number of hydrogen-bond acceptors (Lipinski definition) is 5. The van der Waals surface area contributed by atoms with Gasteiger partial charge in [0.15, 0.2) is 0 Å². The number of nitrogens with one attached hydrogen (secondary N) is 2. The quantitative estimate of drug-likeness (QED) is 0.542. The molecular formula is C21H24N2O3S. The molecule has 142 valence electrons. The summed E-state index contributed by atoms with van der Waals surface area (Å²) in [5.41, 5.74) is 3.70. The molecule has 0 aliphatic heterocycles. The minimum atomic E-state index is -0.738. The van der Waals surface area contributed by atoms with Crippen LogP contribution in [0.25, 0.3) is 10.2 Å². The third-order valence-electron chi connectivity index (χ3n) is 5.51. The smallest absolute Gasteiger partial charge is 0.305 e. The Morgan fingerprint density at radius 3 is 2.96 bits per heavy atom. The zero-order valence-corrected chi connectivity index (χ0v) is 16.1. The van der Waals surface area contributed by atoms with Gasteiger partial charge in [-0.2, -0.15) is 0 Å². The van der Waals surface area contributed by atoms with Crippen molar-refractivity contribution < 1.29 is 10.2 Å². The molecule has 3 atom stereocenters. The molecule has 0 radical (unpaired) electrons. The number of aromatic nitrogens is 1. The molecule has 5 nitrogen and oxygen atoms in total. The second-order valence-electron chi connectivity index (χ2n) is 7.37. The molecule has 1 aromatic heterocycles. The highest BCUT2D eigenvalue weighted by Gasteiger charge is 2.29. The number of thiazole rings is 1. The number of aliphatic hydroxyl groups excluding tert-OH is 1. The van der Waals surface area contributed by atoms with E-state index in [1.54, 1.807) is 6.07 Å². The van der Waals surface area contributed by atoms with Crippen LogP contribution in [-0.4, -0.2) is 27.8 Å². The van der Waals surface area contributed by atoms with Crippen LogP contribution in [0.15, 0.2) is 41.2 Å². The lowest BCUT2D eigenvalue weighted by atomic mass is 9.92. The van der Waals surface area contributed by atoms with Crippen molar-refractivity contribution in [2.75, 3.05) is 6.54 Å². The SMILES string of the molecule is Cc1cccc([C@H]2CCC[C@H]2NC[C@H](O)c2ccc(O)c3[nH]c(=O)sc23)c1. The molecule has 1 aliphatic carbocycles. The first kappa shape index (κ1) is 18.2. The fourth-order valence-electron chi connectivity index (χ4n) is 4.18. The standard InChI is InChI=1S/C21H24N2O3S/c1-12-4-2-5-13(10-12)14-6-3-7-16(14)22-11-18(25)15-8-9-17(24)19-20(15)27-21(26)23-19/h2,4-5,8-10,14,16,18,22,24-25H,3,6-7,11H2,1H3,(H,23,26)/t14-,16-,18+/m1/s1. The van der Waals surface area contributed by atoms with Gasteiger partial charge in [0.1, 0.15) is 11.3 Å². The van der Waals surface area contributed by atoms with Gasteiger partial charge in [-0.05, 0) is 37.3 Å². The van der Waals surface area contributed by atoms with E-state index in [2.05, 4.69) is 41.5 Å². The monoisotopic (exact) mass is 384 g/mol. The second-order valence-corrected chi connectivity index (χ2v) is 8.36. The summed E-state index contributed by atoms with van der Waals surface area (Å²) in [4.78, 5) is 14.1. The first-order valence-corrected chi connectivity index (χ1v) is 10.2. The van der Waals surface area contributed by atoms with Crippen molar-refractivity contribution in [1.29, 1.82) is 0 Å². The van der Waals surface area contributed by atoms with Gasteiger partial charge < -0.3 is 20.5 Å². The fourth-order valence-corrected chi connectivity index (χ4v) is 5.10. The van der Waals surface area contributed by atoms with E-state index in [0.29, 0.717) is 34.3 Å². The summed E-state index contributed by atoms with van der Waals surface area (Å²) in [6.45, 7) is 2.53. The van der Waals surface area contributed by atoms with Crippen LogP contribution in [0.3, 0.4) is 0 Å². The molecule has 1 fully saturated rings. The molecule has 1 saturated carbocycles. The third kappa shape index (κ3) is 3.65. The Kier molecular flexibility index (Phi) is 5.04. The van der Waals surface area contributed by atoms with E-state index in [-0.39, 0.29) is 10.6 Å². The molecule has 3 aromatic rings. The number of aromatic hydroxyl groups is 1. The van der Waals surface area contributed by atoms with E-state index in [0.717, 1.165) is 24.2 Å². The van der Waals surface area contributed by atoms with Gasteiger partial charge in [-0.3, -0.25) is 4.79 Å². The van der Waals surface area contributed by atoms with Crippen LogP contribution in [0.5, 0.6) is 5.75 Å². The van der Waals surface area contributed by atoms with E-state index in [9.17, 15) is 15.0 Å². The molecule has 0 unspecified atom stereocenters. The number of hydrogen-bond donors (Lipinski definition) is 4. The minimum absolute atomic E-state index is 0.0302. The number of phenolic OH excluding ortho intramolecular Hbond substituents is 1. The largest absolute Gasteiger partial charge is 0.506 e. The number of fused-ring (bicyclic) bond motifs is 1. The summed E-state index contributed by atoms with van der Waals surface area (Å²) in [7, 11) is 0. The van der Waals surface area contributed by atoms with Crippen LogP contribution in [0.1, 0.15) is 48.0 Å². The van der Waals surface area contributed by atoms with Crippen LogP contribution < -0.4 is 10.2 Å². The van der Waals surface area contributed by atoms with Crippen LogP contribution >= 0.6 is 11.3 Å². The molecule has 0 amide bonds. The number of H-pyrrole nitrogens is 1. The first-order valence-electron chi connectivity index (χ1n) is 9.35. The predicted octanol–water partition coefficient (Wildman–Crippen LogP) is 3.56. The normalized spacial score (nSPS) is 21.0. The van der Waals surface area contributed by atoms with Gasteiger partial charge in [0.2, 0.25) is 0 Å². The Balaban J connectivity index is 1.50. The van der Waals surface area contributed by atoms with Crippen molar-refractivity contribution in [1.82, 2.24) is 10.3 Å². The zero-order valence-electron chi connectivity index (χ0n) is 15.2. The van der Waals surface area contributed by atoms with E-state index < -0.39 is 6.10 Å². The molecule has 1 aliphatic rings. The summed E-state index contributed by atoms with van der Waals surface area (Å²) >= 11 is 1.02. The van der Waals surface area contributed by atoms with Gasteiger partial charge >= 0.3 is 4.87 Å². The van der Waals surface area contributed by atoms with Crippen molar-refractivity contribution >= 4 is 21.6 Å². The maximum atomic E-state index is 11.7. The van der Waals surface area contributed by atoms with Crippen LogP contribution in [0.4, 0.5) is 0 Å². The Hall–Kier alpha value is -2.15. The molecule has 4 rings (SSSR count). The summed E-state index contributed by atoms with van der Waals surface area (Å²) in [5, 5.41) is 24.2. The molecule has 4 N–H and O–H groups in total. The highest BCUT2D eigenvalue weighted by Crippen LogP contribution is 2.36. The Morgan fingerprint density at radius 1 is 1.30 bits per heavy atom. The molecule has 1 heterocycles. The Bertz CT molecular complexity index is 1010. The minimum Gasteiger partial charge on any atom is -0.506 e. The van der Waals surface area contributed by atoms with Crippen molar-refractivity contribution in [3.05, 3.63) is 62.8 Å². The summed E-state index contributed by atoms with van der Waals surface area (Å²) in [6.07, 6.45) is 2.68. The van der Waals surface area contributed by atoms with Gasteiger partial charge in [0, 0.05) is 18.2 Å². The topological polar surface area (TPSA) is 85.3 Å². The molecule has 27 heavy (non-hydrogen) atoms. The first-order chi connectivity index (χ1) is 13.0. The lowest BCUT2D eigenvalue weighted by molar-refractivity contribution is 0.170. The fraction of sp³-hybridized carbons (Fsp3) is 0.381. The number of aromatic amines is 1. The lowest BCUT2D eigenvalue weighted by Crippen LogP contribution is -2.34. The van der Waals surface area contributed by atoms with Gasteiger partial charge in [-0.1, -0.05) is 53.7 Å².